The first-order valence-electron chi connectivity index (χ1n) is 10.9. The third-order valence-corrected chi connectivity index (χ3v) is 6.01. The minimum absolute atomic E-state index is 0.0257. The largest absolute Gasteiger partial charge is 0.393 e. The van der Waals surface area contributed by atoms with Crippen LogP contribution in [0.4, 0.5) is 0 Å². The van der Waals surface area contributed by atoms with Gasteiger partial charge in [-0.1, -0.05) is 57.3 Å². The van der Waals surface area contributed by atoms with Gasteiger partial charge >= 0.3 is 0 Å². The predicted octanol–water partition coefficient (Wildman–Crippen LogP) is 3.30. The van der Waals surface area contributed by atoms with Crippen molar-refractivity contribution in [1.29, 1.82) is 0 Å². The summed E-state index contributed by atoms with van der Waals surface area (Å²) in [6, 6.07) is 0. The Balaban J connectivity index is 2.47. The van der Waals surface area contributed by atoms with E-state index < -0.39 is 17.8 Å². The highest BCUT2D eigenvalue weighted by Gasteiger charge is 2.39. The summed E-state index contributed by atoms with van der Waals surface area (Å²) in [4.78, 5) is 11.1. The van der Waals surface area contributed by atoms with Crippen LogP contribution >= 0.6 is 0 Å². The van der Waals surface area contributed by atoms with E-state index >= 15 is 0 Å². The molecule has 5 nitrogen and oxygen atoms in total. The molecule has 0 aromatic carbocycles. The van der Waals surface area contributed by atoms with Crippen LogP contribution in [0.1, 0.15) is 77.6 Å². The maximum absolute atomic E-state index is 11.1. The average molecular weight is 397 g/mol. The van der Waals surface area contributed by atoms with Crippen LogP contribution in [0.25, 0.3) is 0 Å². The molecule has 28 heavy (non-hydrogen) atoms. The van der Waals surface area contributed by atoms with Crippen molar-refractivity contribution in [2.75, 3.05) is 6.61 Å². The number of unbranched alkanes of at least 4 members (excludes halogenated alkanes) is 4. The van der Waals surface area contributed by atoms with Crippen molar-refractivity contribution in [1.82, 2.24) is 0 Å². The molecule has 1 aliphatic carbocycles. The van der Waals surface area contributed by atoms with Gasteiger partial charge in [0.2, 0.25) is 0 Å². The zero-order valence-electron chi connectivity index (χ0n) is 17.4. The van der Waals surface area contributed by atoms with Crippen LogP contribution < -0.4 is 0 Å². The van der Waals surface area contributed by atoms with Gasteiger partial charge in [0.05, 0.1) is 17.8 Å². The van der Waals surface area contributed by atoms with Crippen LogP contribution in [0, 0.1) is 11.8 Å². The first kappa shape index (κ1) is 25.0. The second-order valence-corrected chi connectivity index (χ2v) is 8.30. The van der Waals surface area contributed by atoms with E-state index in [-0.39, 0.29) is 24.2 Å². The van der Waals surface area contributed by atoms with E-state index in [1.54, 1.807) is 6.08 Å². The molecule has 0 amide bonds. The maximum Gasteiger partial charge on any atom is 0.158 e. The molecule has 0 aromatic rings. The Morgan fingerprint density at radius 1 is 1.14 bits per heavy atom. The molecule has 4 N–H and O–H groups in total. The highest BCUT2D eigenvalue weighted by molar-refractivity contribution is 5.79. The maximum atomic E-state index is 11.1. The Morgan fingerprint density at radius 2 is 1.86 bits per heavy atom. The quantitative estimate of drug-likeness (QED) is 0.251. The Bertz CT molecular complexity index is 489. The smallest absolute Gasteiger partial charge is 0.158 e. The van der Waals surface area contributed by atoms with Gasteiger partial charge in [0.25, 0.3) is 0 Å². The molecule has 0 radical (unpaired) electrons. The number of aliphatic hydroxyl groups excluding tert-OH is 3. The van der Waals surface area contributed by atoms with E-state index in [2.05, 4.69) is 13.5 Å². The zero-order valence-corrected chi connectivity index (χ0v) is 17.4. The molecule has 162 valence electrons. The standard InChI is InChI=1S/C23H40O5/c1-3-5-14-23(28,4-2)15-10-13-20-19(21(26)16-22(20)27)12-9-7-6-8-11-18(25)17-24/h4,10,13,19-22,24,26-28H,2-3,5-9,11-12,14-17H2,1H3/b13-10+/t19-,20-,21+,22-,23?/m1/s1. The van der Waals surface area contributed by atoms with Crippen LogP contribution in [0.2, 0.25) is 0 Å². The van der Waals surface area contributed by atoms with Gasteiger partial charge in [0, 0.05) is 18.8 Å². The lowest BCUT2D eigenvalue weighted by atomic mass is 9.86. The summed E-state index contributed by atoms with van der Waals surface area (Å²) in [5.41, 5.74) is -0.907. The summed E-state index contributed by atoms with van der Waals surface area (Å²) in [5, 5.41) is 39.9. The zero-order chi connectivity index (χ0) is 21.0. The number of hydrogen-bond donors (Lipinski definition) is 4. The van der Waals surface area contributed by atoms with Crippen molar-refractivity contribution in [3.8, 4) is 0 Å². The lowest BCUT2D eigenvalue weighted by Crippen LogP contribution is -2.25. The Morgan fingerprint density at radius 3 is 2.50 bits per heavy atom. The molecule has 0 saturated heterocycles. The van der Waals surface area contributed by atoms with Gasteiger partial charge in [-0.05, 0) is 31.6 Å². The van der Waals surface area contributed by atoms with Crippen LogP contribution in [0.5, 0.6) is 0 Å². The monoisotopic (exact) mass is 396 g/mol. The molecule has 1 unspecified atom stereocenters. The second kappa shape index (κ2) is 13.3. The fourth-order valence-corrected chi connectivity index (χ4v) is 4.11. The molecular formula is C23H40O5. The average Bonchev–Trinajstić information content (AvgIpc) is 2.95. The van der Waals surface area contributed by atoms with Crippen LogP contribution in [-0.4, -0.2) is 50.6 Å². The van der Waals surface area contributed by atoms with Gasteiger partial charge in [-0.25, -0.2) is 0 Å². The van der Waals surface area contributed by atoms with Crippen molar-refractivity contribution < 1.29 is 25.2 Å². The summed E-state index contributed by atoms with van der Waals surface area (Å²) < 4.78 is 0. The van der Waals surface area contributed by atoms with Crippen molar-refractivity contribution in [2.24, 2.45) is 11.8 Å². The molecule has 1 fully saturated rings. The van der Waals surface area contributed by atoms with E-state index in [0.717, 1.165) is 44.9 Å². The topological polar surface area (TPSA) is 98.0 Å². The molecule has 0 spiro atoms. The Labute approximate surface area is 170 Å². The molecule has 1 aliphatic rings. The number of carbonyl (C=O) groups is 1. The lowest BCUT2D eigenvalue weighted by molar-refractivity contribution is -0.121. The summed E-state index contributed by atoms with van der Waals surface area (Å²) in [6.45, 7) is 5.46. The van der Waals surface area contributed by atoms with E-state index in [4.69, 9.17) is 5.11 Å². The number of hydrogen-bond acceptors (Lipinski definition) is 5. The van der Waals surface area contributed by atoms with Crippen molar-refractivity contribution >= 4 is 5.78 Å². The minimum atomic E-state index is -0.907. The van der Waals surface area contributed by atoms with E-state index in [9.17, 15) is 20.1 Å². The number of carbonyl (C=O) groups excluding carboxylic acids is 1. The van der Waals surface area contributed by atoms with Gasteiger partial charge in [0.1, 0.15) is 6.61 Å². The third kappa shape index (κ3) is 8.56. The van der Waals surface area contributed by atoms with E-state index in [0.29, 0.717) is 25.7 Å². The predicted molar refractivity (Wildman–Crippen MR) is 112 cm³/mol. The third-order valence-electron chi connectivity index (χ3n) is 6.01. The van der Waals surface area contributed by atoms with Crippen LogP contribution in [-0.2, 0) is 4.79 Å². The van der Waals surface area contributed by atoms with Crippen LogP contribution in [0.15, 0.2) is 24.8 Å². The molecule has 1 saturated carbocycles. The van der Waals surface area contributed by atoms with Gasteiger partial charge in [-0.2, -0.15) is 0 Å². The van der Waals surface area contributed by atoms with Gasteiger partial charge in [-0.15, -0.1) is 6.58 Å². The molecule has 1 rings (SSSR count). The number of ketones is 1. The highest BCUT2D eigenvalue weighted by atomic mass is 16.3. The van der Waals surface area contributed by atoms with Crippen molar-refractivity contribution in [3.63, 3.8) is 0 Å². The summed E-state index contributed by atoms with van der Waals surface area (Å²) in [5.74, 6) is -0.179. The fraction of sp³-hybridized carbons (Fsp3) is 0.783. The summed E-state index contributed by atoms with van der Waals surface area (Å²) >= 11 is 0. The van der Waals surface area contributed by atoms with Crippen LogP contribution in [0.3, 0.4) is 0 Å². The normalized spacial score (nSPS) is 27.2. The molecule has 5 heteroatoms. The first-order valence-corrected chi connectivity index (χ1v) is 10.9. The number of Topliss-reactive ketones (excluding diaryl/α,β-unsaturated/α-hetero) is 1. The minimum Gasteiger partial charge on any atom is -0.393 e. The molecule has 5 atom stereocenters. The summed E-state index contributed by atoms with van der Waals surface area (Å²) in [7, 11) is 0. The molecule has 0 heterocycles. The van der Waals surface area contributed by atoms with Gasteiger partial charge in [0.15, 0.2) is 5.78 Å². The second-order valence-electron chi connectivity index (χ2n) is 8.30. The van der Waals surface area contributed by atoms with Gasteiger partial charge < -0.3 is 20.4 Å². The number of aliphatic hydroxyl groups is 4. The molecule has 0 aliphatic heterocycles. The lowest BCUT2D eigenvalue weighted by Gasteiger charge is -2.24. The molecule has 0 bridgehead atoms. The highest BCUT2D eigenvalue weighted by Crippen LogP contribution is 2.37. The Hall–Kier alpha value is -1.01. The number of rotatable bonds is 15. The fourth-order valence-electron chi connectivity index (χ4n) is 4.11. The van der Waals surface area contributed by atoms with Crippen molar-refractivity contribution in [2.45, 2.75) is 95.4 Å². The van der Waals surface area contributed by atoms with Crippen molar-refractivity contribution in [3.05, 3.63) is 24.8 Å². The molecular weight excluding hydrogens is 356 g/mol. The van der Waals surface area contributed by atoms with E-state index in [1.807, 2.05) is 12.2 Å². The Kier molecular flexibility index (Phi) is 11.8. The first-order chi connectivity index (χ1) is 13.4. The summed E-state index contributed by atoms with van der Waals surface area (Å²) in [6.07, 6.45) is 12.8. The van der Waals surface area contributed by atoms with E-state index in [1.165, 1.54) is 0 Å². The van der Waals surface area contributed by atoms with Gasteiger partial charge in [-0.3, -0.25) is 4.79 Å². The molecule has 0 aromatic heterocycles. The SMILES string of the molecule is C=CC(O)(C/C=C/[C@@H]1[C@@H](CCCCCCC(=O)CO)[C@@H](O)C[C@H]1O)CCCC.